The molecule has 0 aliphatic carbocycles. The molecule has 4 nitrogen and oxygen atoms in total. The van der Waals surface area contributed by atoms with Crippen molar-refractivity contribution < 1.29 is 0 Å². The minimum absolute atomic E-state index is 0.390. The average molecular weight is 306 g/mol. The fourth-order valence-corrected chi connectivity index (χ4v) is 3.46. The molecule has 4 rings (SSSR count). The quantitative estimate of drug-likeness (QED) is 0.694. The van der Waals surface area contributed by atoms with Crippen LogP contribution in [0.15, 0.2) is 54.9 Å². The molecule has 2 unspecified atom stereocenters. The summed E-state index contributed by atoms with van der Waals surface area (Å²) in [7, 11) is 0. The Morgan fingerprint density at radius 1 is 1.13 bits per heavy atom. The van der Waals surface area contributed by atoms with Gasteiger partial charge in [-0.05, 0) is 42.6 Å². The molecule has 118 valence electrons. The second-order valence-corrected chi connectivity index (χ2v) is 6.23. The number of H-pyrrole nitrogens is 1. The van der Waals surface area contributed by atoms with Crippen LogP contribution in [0.25, 0.3) is 11.0 Å². The van der Waals surface area contributed by atoms with Crippen LogP contribution in [0.1, 0.15) is 30.0 Å². The lowest BCUT2D eigenvalue weighted by Gasteiger charge is -2.34. The van der Waals surface area contributed by atoms with E-state index < -0.39 is 0 Å². The van der Waals surface area contributed by atoms with Crippen LogP contribution in [0.2, 0.25) is 0 Å². The number of hydrogen-bond acceptors (Lipinski definition) is 3. The number of nitrogens with one attached hydrogen (secondary N) is 3. The molecule has 3 N–H and O–H groups in total. The molecule has 1 aliphatic heterocycles. The summed E-state index contributed by atoms with van der Waals surface area (Å²) in [5.74, 6) is 0. The highest BCUT2D eigenvalue weighted by atomic mass is 15.0. The normalized spacial score (nSPS) is 21.6. The Labute approximate surface area is 136 Å². The molecule has 2 atom stereocenters. The van der Waals surface area contributed by atoms with E-state index in [0.29, 0.717) is 12.1 Å². The molecule has 1 saturated heterocycles. The fourth-order valence-electron chi connectivity index (χ4n) is 3.46. The van der Waals surface area contributed by atoms with Crippen LogP contribution >= 0.6 is 0 Å². The van der Waals surface area contributed by atoms with E-state index in [2.05, 4.69) is 69.1 Å². The molecular formula is C19H22N4. The molecule has 2 aromatic carbocycles. The van der Waals surface area contributed by atoms with Crippen LogP contribution in [-0.4, -0.2) is 22.6 Å². The smallest absolute Gasteiger partial charge is 0.0931 e. The number of hydrogen-bond donors (Lipinski definition) is 3. The van der Waals surface area contributed by atoms with E-state index in [4.69, 9.17) is 0 Å². The first kappa shape index (κ1) is 14.4. The summed E-state index contributed by atoms with van der Waals surface area (Å²) >= 11 is 0. The molecule has 1 fully saturated rings. The van der Waals surface area contributed by atoms with Crippen molar-refractivity contribution in [3.8, 4) is 0 Å². The van der Waals surface area contributed by atoms with Crippen molar-refractivity contribution in [2.24, 2.45) is 0 Å². The minimum Gasteiger partial charge on any atom is -0.345 e. The number of piperidine rings is 1. The van der Waals surface area contributed by atoms with Crippen molar-refractivity contribution in [1.82, 2.24) is 20.6 Å². The van der Waals surface area contributed by atoms with E-state index >= 15 is 0 Å². The maximum absolute atomic E-state index is 4.28. The van der Waals surface area contributed by atoms with E-state index in [-0.39, 0.29) is 0 Å². The van der Waals surface area contributed by atoms with E-state index in [0.717, 1.165) is 24.1 Å². The summed E-state index contributed by atoms with van der Waals surface area (Å²) in [6.07, 6.45) is 4.18. The van der Waals surface area contributed by atoms with Gasteiger partial charge >= 0.3 is 0 Å². The van der Waals surface area contributed by atoms with E-state index in [1.807, 2.05) is 0 Å². The van der Waals surface area contributed by atoms with Gasteiger partial charge in [0, 0.05) is 18.6 Å². The van der Waals surface area contributed by atoms with E-state index in [1.165, 1.54) is 24.0 Å². The summed E-state index contributed by atoms with van der Waals surface area (Å²) in [4.78, 5) is 7.46. The molecule has 0 spiro atoms. The predicted molar refractivity (Wildman–Crippen MR) is 93.1 cm³/mol. The second-order valence-electron chi connectivity index (χ2n) is 6.23. The van der Waals surface area contributed by atoms with Crippen molar-refractivity contribution >= 4 is 11.0 Å². The number of rotatable bonds is 4. The van der Waals surface area contributed by atoms with Crippen molar-refractivity contribution in [3.05, 3.63) is 66.0 Å². The minimum atomic E-state index is 0.390. The SMILES string of the molecule is c1ccc(C2NCCCC2NCc2ccc3nc[nH]c3c2)cc1. The lowest BCUT2D eigenvalue weighted by Crippen LogP contribution is -2.45. The van der Waals surface area contributed by atoms with Gasteiger partial charge in [-0.1, -0.05) is 36.4 Å². The number of benzene rings is 2. The Kier molecular flexibility index (Phi) is 4.09. The number of aromatic nitrogens is 2. The topological polar surface area (TPSA) is 52.7 Å². The molecule has 0 radical (unpaired) electrons. The molecule has 4 heteroatoms. The third-order valence-electron chi connectivity index (χ3n) is 4.67. The van der Waals surface area contributed by atoms with Gasteiger partial charge in [0.05, 0.1) is 17.4 Å². The van der Waals surface area contributed by atoms with Gasteiger partial charge in [-0.15, -0.1) is 0 Å². The Hall–Kier alpha value is -2.17. The largest absolute Gasteiger partial charge is 0.345 e. The first-order chi connectivity index (χ1) is 11.4. The van der Waals surface area contributed by atoms with Gasteiger partial charge in [0.25, 0.3) is 0 Å². The van der Waals surface area contributed by atoms with Gasteiger partial charge in [-0.3, -0.25) is 0 Å². The molecule has 23 heavy (non-hydrogen) atoms. The summed E-state index contributed by atoms with van der Waals surface area (Å²) in [5, 5.41) is 7.42. The zero-order chi connectivity index (χ0) is 15.5. The molecular weight excluding hydrogens is 284 g/mol. The van der Waals surface area contributed by atoms with Crippen LogP contribution in [0, 0.1) is 0 Å². The first-order valence-corrected chi connectivity index (χ1v) is 8.34. The van der Waals surface area contributed by atoms with E-state index in [1.54, 1.807) is 6.33 Å². The lowest BCUT2D eigenvalue weighted by atomic mass is 9.92. The Morgan fingerprint density at radius 2 is 2.04 bits per heavy atom. The van der Waals surface area contributed by atoms with Crippen LogP contribution < -0.4 is 10.6 Å². The zero-order valence-corrected chi connectivity index (χ0v) is 13.1. The molecule has 1 aromatic heterocycles. The lowest BCUT2D eigenvalue weighted by molar-refractivity contribution is 0.304. The highest BCUT2D eigenvalue weighted by Gasteiger charge is 2.25. The number of fused-ring (bicyclic) bond motifs is 1. The number of nitrogens with zero attached hydrogens (tertiary/aromatic N) is 1. The molecule has 2 heterocycles. The maximum Gasteiger partial charge on any atom is 0.0931 e. The van der Waals surface area contributed by atoms with Crippen LogP contribution in [0.4, 0.5) is 0 Å². The van der Waals surface area contributed by atoms with Crippen LogP contribution in [-0.2, 0) is 6.54 Å². The number of aromatic amines is 1. The average Bonchev–Trinajstić information content (AvgIpc) is 3.09. The summed E-state index contributed by atoms with van der Waals surface area (Å²) in [6, 6.07) is 18.0. The highest BCUT2D eigenvalue weighted by Crippen LogP contribution is 2.24. The third-order valence-corrected chi connectivity index (χ3v) is 4.67. The van der Waals surface area contributed by atoms with Gasteiger partial charge in [0.2, 0.25) is 0 Å². The van der Waals surface area contributed by atoms with Crippen molar-refractivity contribution in [1.29, 1.82) is 0 Å². The Morgan fingerprint density at radius 3 is 2.96 bits per heavy atom. The Bertz CT molecular complexity index is 765. The predicted octanol–water partition coefficient (Wildman–Crippen LogP) is 3.15. The Balaban J connectivity index is 1.47. The highest BCUT2D eigenvalue weighted by molar-refractivity contribution is 5.74. The third kappa shape index (κ3) is 3.14. The van der Waals surface area contributed by atoms with Gasteiger partial charge in [0.15, 0.2) is 0 Å². The van der Waals surface area contributed by atoms with Gasteiger partial charge in [-0.2, -0.15) is 0 Å². The van der Waals surface area contributed by atoms with Crippen LogP contribution in [0.5, 0.6) is 0 Å². The molecule has 0 amide bonds. The molecule has 0 saturated carbocycles. The van der Waals surface area contributed by atoms with Crippen molar-refractivity contribution in [3.63, 3.8) is 0 Å². The van der Waals surface area contributed by atoms with Gasteiger partial charge in [0.1, 0.15) is 0 Å². The summed E-state index contributed by atoms with van der Waals surface area (Å²) < 4.78 is 0. The standard InChI is InChI=1S/C19H22N4/c1-2-5-15(6-3-1)19-17(7-4-10-20-19)21-12-14-8-9-16-18(11-14)23-13-22-16/h1-3,5-6,8-9,11,13,17,19-21H,4,7,10,12H2,(H,22,23). The van der Waals surface area contributed by atoms with Crippen LogP contribution in [0.3, 0.4) is 0 Å². The summed E-state index contributed by atoms with van der Waals surface area (Å²) in [5.41, 5.74) is 4.79. The van der Waals surface area contributed by atoms with Gasteiger partial charge < -0.3 is 15.6 Å². The number of imidazole rings is 1. The zero-order valence-electron chi connectivity index (χ0n) is 13.1. The fraction of sp³-hybridized carbons (Fsp3) is 0.316. The molecule has 3 aromatic rings. The van der Waals surface area contributed by atoms with Crippen molar-refractivity contribution in [2.75, 3.05) is 6.54 Å². The van der Waals surface area contributed by atoms with E-state index in [9.17, 15) is 0 Å². The summed E-state index contributed by atoms with van der Waals surface area (Å²) in [6.45, 7) is 1.97. The second kappa shape index (κ2) is 6.52. The molecule has 1 aliphatic rings. The first-order valence-electron chi connectivity index (χ1n) is 8.34. The van der Waals surface area contributed by atoms with Gasteiger partial charge in [-0.25, -0.2) is 4.98 Å². The maximum atomic E-state index is 4.28. The monoisotopic (exact) mass is 306 g/mol. The molecule has 0 bridgehead atoms. The van der Waals surface area contributed by atoms with Crippen molar-refractivity contribution in [2.45, 2.75) is 31.5 Å².